The summed E-state index contributed by atoms with van der Waals surface area (Å²) in [7, 11) is 0. The van der Waals surface area contributed by atoms with Crippen LogP contribution in [0, 0.1) is 16.7 Å². The Hall–Kier alpha value is -1.93. The Morgan fingerprint density at radius 2 is 2.25 bits per heavy atom. The molecule has 1 amide bonds. The molecule has 8 nitrogen and oxygen atoms in total. The van der Waals surface area contributed by atoms with E-state index in [0.29, 0.717) is 0 Å². The summed E-state index contributed by atoms with van der Waals surface area (Å²) in [5.41, 5.74) is 8.31. The molecule has 0 spiro atoms. The summed E-state index contributed by atoms with van der Waals surface area (Å²) >= 11 is 0. The fourth-order valence-electron chi connectivity index (χ4n) is 4.22. The normalized spacial score (nSPS) is 41.6. The van der Waals surface area contributed by atoms with E-state index in [1.165, 1.54) is 16.8 Å². The van der Waals surface area contributed by atoms with Crippen LogP contribution < -0.4 is 17.2 Å². The minimum absolute atomic E-state index is 0.0842. The second-order valence-electron chi connectivity index (χ2n) is 5.68. The van der Waals surface area contributed by atoms with E-state index < -0.39 is 40.5 Å². The molecular formula is C12H16N4O4. The second kappa shape index (κ2) is 3.58. The zero-order chi connectivity index (χ0) is 14.9. The van der Waals surface area contributed by atoms with Crippen LogP contribution in [0.25, 0.3) is 0 Å². The summed E-state index contributed by atoms with van der Waals surface area (Å²) < 4.78 is 1.25. The average molecular weight is 280 g/mol. The molecule has 0 radical (unpaired) electrons. The Bertz CT molecular complexity index is 659. The van der Waals surface area contributed by atoms with E-state index in [9.17, 15) is 19.8 Å². The number of fused-ring (bicyclic) bond motifs is 1. The van der Waals surface area contributed by atoms with Crippen LogP contribution in [0.1, 0.15) is 13.0 Å². The molecule has 1 aromatic rings. The zero-order valence-electron chi connectivity index (χ0n) is 10.9. The van der Waals surface area contributed by atoms with Gasteiger partial charge >= 0.3 is 5.69 Å². The number of amides is 1. The van der Waals surface area contributed by atoms with Gasteiger partial charge in [0.05, 0.1) is 17.6 Å². The molecule has 2 aliphatic rings. The first-order valence-electron chi connectivity index (χ1n) is 6.27. The molecule has 2 fully saturated rings. The molecule has 6 N–H and O–H groups in total. The average Bonchev–Trinajstić information content (AvgIpc) is 2.87. The maximum Gasteiger partial charge on any atom is 0.349 e. The SMILES string of the molecule is CC12[C@H](CO)C1(C(N)=O)C(O)[C@H]2n1ccc(N)nc1=O. The van der Waals surface area contributed by atoms with Gasteiger partial charge in [-0.25, -0.2) is 4.79 Å². The summed E-state index contributed by atoms with van der Waals surface area (Å²) in [6.07, 6.45) is 0.312. The molecule has 2 saturated carbocycles. The lowest BCUT2D eigenvalue weighted by Gasteiger charge is -2.45. The van der Waals surface area contributed by atoms with E-state index in [-0.39, 0.29) is 12.4 Å². The number of carbonyl (C=O) groups is 1. The molecule has 0 saturated heterocycles. The Balaban J connectivity index is 2.07. The molecule has 8 heteroatoms. The molecule has 3 unspecified atom stereocenters. The number of hydrogen-bond acceptors (Lipinski definition) is 6. The van der Waals surface area contributed by atoms with E-state index in [2.05, 4.69) is 4.98 Å². The summed E-state index contributed by atoms with van der Waals surface area (Å²) in [5.74, 6) is -1.03. The van der Waals surface area contributed by atoms with Gasteiger partial charge in [0.1, 0.15) is 5.82 Å². The molecule has 5 atom stereocenters. The molecule has 108 valence electrons. The van der Waals surface area contributed by atoms with E-state index >= 15 is 0 Å². The summed E-state index contributed by atoms with van der Waals surface area (Å²) in [4.78, 5) is 27.2. The van der Waals surface area contributed by atoms with Crippen molar-refractivity contribution in [3.8, 4) is 0 Å². The van der Waals surface area contributed by atoms with Crippen molar-refractivity contribution in [2.75, 3.05) is 12.3 Å². The van der Waals surface area contributed by atoms with Crippen LogP contribution >= 0.6 is 0 Å². The van der Waals surface area contributed by atoms with Crippen LogP contribution in [-0.2, 0) is 4.79 Å². The van der Waals surface area contributed by atoms with Crippen molar-refractivity contribution in [3.63, 3.8) is 0 Å². The van der Waals surface area contributed by atoms with Crippen molar-refractivity contribution < 1.29 is 15.0 Å². The van der Waals surface area contributed by atoms with E-state index in [4.69, 9.17) is 11.5 Å². The van der Waals surface area contributed by atoms with Crippen LogP contribution in [0.5, 0.6) is 0 Å². The molecule has 0 bridgehead atoms. The maximum atomic E-state index is 11.9. The minimum atomic E-state index is -1.16. The van der Waals surface area contributed by atoms with Gasteiger partial charge in [0.2, 0.25) is 5.91 Å². The van der Waals surface area contributed by atoms with E-state index in [1.54, 1.807) is 6.92 Å². The van der Waals surface area contributed by atoms with Crippen molar-refractivity contribution in [2.45, 2.75) is 19.1 Å². The first kappa shape index (κ1) is 13.1. The van der Waals surface area contributed by atoms with Crippen LogP contribution in [-0.4, -0.2) is 38.4 Å². The Kier molecular flexibility index (Phi) is 2.34. The van der Waals surface area contributed by atoms with Crippen molar-refractivity contribution in [1.82, 2.24) is 9.55 Å². The van der Waals surface area contributed by atoms with Gasteiger partial charge in [0, 0.05) is 24.1 Å². The molecule has 0 aromatic carbocycles. The number of hydrogen-bond donors (Lipinski definition) is 4. The third-order valence-corrected chi connectivity index (χ3v) is 5.20. The number of nitrogens with zero attached hydrogens (tertiary/aromatic N) is 2. The molecule has 2 aliphatic carbocycles. The number of rotatable bonds is 3. The summed E-state index contributed by atoms with van der Waals surface area (Å²) in [6.45, 7) is 1.46. The van der Waals surface area contributed by atoms with Gasteiger partial charge in [-0.15, -0.1) is 0 Å². The Morgan fingerprint density at radius 1 is 1.60 bits per heavy atom. The van der Waals surface area contributed by atoms with Crippen LogP contribution in [0.4, 0.5) is 5.82 Å². The predicted molar refractivity (Wildman–Crippen MR) is 68.3 cm³/mol. The van der Waals surface area contributed by atoms with Crippen LogP contribution in [0.2, 0.25) is 0 Å². The third-order valence-electron chi connectivity index (χ3n) is 5.20. The van der Waals surface area contributed by atoms with Crippen LogP contribution in [0.3, 0.4) is 0 Å². The van der Waals surface area contributed by atoms with Gasteiger partial charge in [-0.1, -0.05) is 6.92 Å². The lowest BCUT2D eigenvalue weighted by atomic mass is 9.67. The number of carbonyl (C=O) groups excluding carboxylic acids is 1. The first-order valence-corrected chi connectivity index (χ1v) is 6.27. The van der Waals surface area contributed by atoms with Gasteiger partial charge in [-0.3, -0.25) is 9.36 Å². The van der Waals surface area contributed by atoms with Crippen molar-refractivity contribution in [3.05, 3.63) is 22.7 Å². The molecular weight excluding hydrogens is 264 g/mol. The molecule has 20 heavy (non-hydrogen) atoms. The highest BCUT2D eigenvalue weighted by Crippen LogP contribution is 2.84. The number of aliphatic hydroxyl groups is 2. The van der Waals surface area contributed by atoms with Crippen molar-refractivity contribution in [2.24, 2.45) is 22.5 Å². The zero-order valence-corrected chi connectivity index (χ0v) is 10.9. The molecule has 1 aromatic heterocycles. The quantitative estimate of drug-likeness (QED) is 0.496. The van der Waals surface area contributed by atoms with Crippen molar-refractivity contribution in [1.29, 1.82) is 0 Å². The first-order chi connectivity index (χ1) is 9.33. The highest BCUT2D eigenvalue weighted by atomic mass is 16.3. The number of nitrogen functional groups attached to an aromatic ring is 1. The Labute approximate surface area is 114 Å². The standard InChI is InChI=1S/C12H16N4O4/c1-11-5(4-17)12(11,9(14)19)8(18)7(11)16-3-2-6(13)15-10(16)20/h2-3,5,7-8,17-18H,4H2,1H3,(H2,14,19)(H2,13,15,20)/t5-,7+,8?,11?,12?/m0/s1. The fourth-order valence-corrected chi connectivity index (χ4v) is 4.22. The fraction of sp³-hybridized carbons (Fsp3) is 0.583. The van der Waals surface area contributed by atoms with E-state index in [0.717, 1.165) is 0 Å². The lowest BCUT2D eigenvalue weighted by molar-refractivity contribution is -0.146. The van der Waals surface area contributed by atoms with Crippen LogP contribution in [0.15, 0.2) is 17.1 Å². The highest BCUT2D eigenvalue weighted by molar-refractivity contribution is 5.90. The topological polar surface area (TPSA) is 144 Å². The molecule has 1 heterocycles. The van der Waals surface area contributed by atoms with E-state index in [1.807, 2.05) is 0 Å². The largest absolute Gasteiger partial charge is 0.396 e. The van der Waals surface area contributed by atoms with Gasteiger partial charge in [0.15, 0.2) is 0 Å². The van der Waals surface area contributed by atoms with Gasteiger partial charge in [0.25, 0.3) is 0 Å². The number of aromatic nitrogens is 2. The predicted octanol–water partition coefficient (Wildman–Crippen LogP) is -2.16. The molecule has 3 rings (SSSR count). The third kappa shape index (κ3) is 1.08. The maximum absolute atomic E-state index is 11.9. The van der Waals surface area contributed by atoms with Crippen molar-refractivity contribution >= 4 is 11.7 Å². The number of anilines is 1. The Morgan fingerprint density at radius 3 is 2.70 bits per heavy atom. The highest BCUT2D eigenvalue weighted by Gasteiger charge is 2.92. The number of primary amides is 1. The number of aliphatic hydroxyl groups excluding tert-OH is 2. The van der Waals surface area contributed by atoms with Gasteiger partial charge in [-0.2, -0.15) is 4.98 Å². The lowest BCUT2D eigenvalue weighted by Crippen LogP contribution is -2.58. The second-order valence-corrected chi connectivity index (χ2v) is 5.68. The summed E-state index contributed by atoms with van der Waals surface area (Å²) in [6, 6.07) is 0.797. The van der Waals surface area contributed by atoms with Gasteiger partial charge in [-0.05, 0) is 6.07 Å². The minimum Gasteiger partial charge on any atom is -0.396 e. The summed E-state index contributed by atoms with van der Waals surface area (Å²) in [5, 5.41) is 19.7. The smallest absolute Gasteiger partial charge is 0.349 e. The van der Waals surface area contributed by atoms with Gasteiger partial charge < -0.3 is 21.7 Å². The number of nitrogens with two attached hydrogens (primary N) is 2. The monoisotopic (exact) mass is 280 g/mol. The molecule has 0 aliphatic heterocycles.